The second kappa shape index (κ2) is 17.7. The molecule has 0 unspecified atom stereocenters. The number of hydrogen-bond acceptors (Lipinski definition) is 0. The van der Waals surface area contributed by atoms with Gasteiger partial charge in [0.1, 0.15) is 0 Å². The molecule has 0 N–H and O–H groups in total. The number of fused-ring (bicyclic) bond motifs is 12. The predicted octanol–water partition coefficient (Wildman–Crippen LogP) is 19.1. The number of nitrogens with zero attached hydrogens (tertiary/aromatic N) is 4. The van der Waals surface area contributed by atoms with E-state index >= 15 is 0 Å². The fourth-order valence-electron chi connectivity index (χ4n) is 12.9. The minimum atomic E-state index is 0.884. The Balaban J connectivity index is 0.858. The van der Waals surface area contributed by atoms with Crippen LogP contribution in [0.3, 0.4) is 0 Å². The summed E-state index contributed by atoms with van der Waals surface area (Å²) < 4.78 is 9.71. The molecule has 366 valence electrons. The van der Waals surface area contributed by atoms with Crippen molar-refractivity contribution in [1.29, 1.82) is 0 Å². The first kappa shape index (κ1) is 44.2. The van der Waals surface area contributed by atoms with Gasteiger partial charge in [0, 0.05) is 72.6 Å². The van der Waals surface area contributed by atoms with Gasteiger partial charge in [-0.05, 0) is 173 Å². The second-order valence-electron chi connectivity index (χ2n) is 20.8. The molecule has 4 aromatic heterocycles. The molecular formula is C74H50N4. The van der Waals surface area contributed by atoms with E-state index in [1.54, 1.807) is 0 Å². The summed E-state index contributed by atoms with van der Waals surface area (Å²) in [5, 5.41) is 8.71. The molecule has 0 aliphatic heterocycles. The van der Waals surface area contributed by atoms with Crippen molar-refractivity contribution in [1.82, 2.24) is 18.3 Å². The van der Waals surface area contributed by atoms with Crippen molar-refractivity contribution in [3.05, 3.63) is 290 Å². The highest BCUT2D eigenvalue weighted by molar-refractivity contribution is 6.15. The third-order valence-electron chi connectivity index (χ3n) is 16.5. The number of allylic oxidation sites excluding steroid dienone is 4. The summed E-state index contributed by atoms with van der Waals surface area (Å²) in [4.78, 5) is 0. The standard InChI is InChI=1S/C74H50N4/c1-2-16-29-67-59(27-15-1)61-43-49(31-37-69(61)75(67)55-19-7-3-8-20-55)51-33-39-71-63(45-51)65-47-53(35-41-73(65)77(71)57-23-11-5-12-24-57)54-36-42-74-66(48-54)64-46-52(34-40-72(64)78(74)58-25-13-6-14-26-58)50-32-38-70-62(44-50)60-28-17-18-30-68(60)76(70)56-21-9-4-10-22-56/h1-26,28,30-48H,27,29H2/b15-1?,16-2-. The Morgan fingerprint density at radius 1 is 0.218 bits per heavy atom. The number of para-hydroxylation sites is 5. The molecule has 4 heteroatoms. The number of aromatic nitrogens is 4. The van der Waals surface area contributed by atoms with Crippen molar-refractivity contribution in [2.24, 2.45) is 0 Å². The van der Waals surface area contributed by atoms with Crippen LogP contribution in [0.1, 0.15) is 11.3 Å². The summed E-state index contributed by atoms with van der Waals surface area (Å²) in [6.07, 6.45) is 10.7. The molecule has 1 aliphatic carbocycles. The molecule has 16 rings (SSSR count). The first-order chi connectivity index (χ1) is 38.7. The lowest BCUT2D eigenvalue weighted by atomic mass is 9.97. The minimum absolute atomic E-state index is 0.884. The highest BCUT2D eigenvalue weighted by Crippen LogP contribution is 2.43. The summed E-state index contributed by atoms with van der Waals surface area (Å²) in [6, 6.07) is 94.2. The van der Waals surface area contributed by atoms with Crippen LogP contribution in [0.15, 0.2) is 279 Å². The fourth-order valence-corrected chi connectivity index (χ4v) is 12.9. The smallest absolute Gasteiger partial charge is 0.0541 e. The average molecular weight is 995 g/mol. The second-order valence-corrected chi connectivity index (χ2v) is 20.8. The molecule has 0 saturated carbocycles. The summed E-state index contributed by atoms with van der Waals surface area (Å²) in [5.74, 6) is 0. The van der Waals surface area contributed by atoms with Crippen LogP contribution in [0.4, 0.5) is 0 Å². The van der Waals surface area contributed by atoms with E-state index in [0.29, 0.717) is 0 Å². The molecule has 1 aliphatic rings. The zero-order chi connectivity index (χ0) is 51.3. The molecule has 78 heavy (non-hydrogen) atoms. The lowest BCUT2D eigenvalue weighted by Gasteiger charge is -2.11. The van der Waals surface area contributed by atoms with Gasteiger partial charge in [-0.3, -0.25) is 0 Å². The number of rotatable bonds is 7. The van der Waals surface area contributed by atoms with Gasteiger partial charge in [0.15, 0.2) is 0 Å². The van der Waals surface area contributed by atoms with Gasteiger partial charge in [0.25, 0.3) is 0 Å². The summed E-state index contributed by atoms with van der Waals surface area (Å²) >= 11 is 0. The Morgan fingerprint density at radius 3 is 0.885 bits per heavy atom. The zero-order valence-electron chi connectivity index (χ0n) is 42.8. The van der Waals surface area contributed by atoms with Gasteiger partial charge in [0.2, 0.25) is 0 Å². The van der Waals surface area contributed by atoms with Gasteiger partial charge in [0.05, 0.1) is 38.6 Å². The molecule has 0 atom stereocenters. The summed E-state index contributed by atoms with van der Waals surface area (Å²) in [6.45, 7) is 0. The maximum Gasteiger partial charge on any atom is 0.0541 e. The van der Waals surface area contributed by atoms with E-state index in [1.807, 2.05) is 0 Å². The largest absolute Gasteiger partial charge is 0.313 e. The zero-order valence-corrected chi connectivity index (χ0v) is 42.8. The van der Waals surface area contributed by atoms with Crippen LogP contribution in [0.5, 0.6) is 0 Å². The van der Waals surface area contributed by atoms with Crippen LogP contribution < -0.4 is 0 Å². The van der Waals surface area contributed by atoms with Crippen LogP contribution in [-0.2, 0) is 12.8 Å². The van der Waals surface area contributed by atoms with Crippen LogP contribution in [0.25, 0.3) is 132 Å². The Kier molecular flexibility index (Phi) is 10.0. The van der Waals surface area contributed by atoms with E-state index in [9.17, 15) is 0 Å². The maximum atomic E-state index is 2.47. The molecule has 0 fully saturated rings. The lowest BCUT2D eigenvalue weighted by molar-refractivity contribution is 0.975. The summed E-state index contributed by atoms with van der Waals surface area (Å²) in [5.41, 5.74) is 23.0. The third kappa shape index (κ3) is 6.93. The molecule has 4 heterocycles. The van der Waals surface area contributed by atoms with Crippen molar-refractivity contribution in [3.63, 3.8) is 0 Å². The van der Waals surface area contributed by atoms with Gasteiger partial charge >= 0.3 is 0 Å². The van der Waals surface area contributed by atoms with Crippen LogP contribution in [-0.4, -0.2) is 18.3 Å². The van der Waals surface area contributed by atoms with E-state index in [4.69, 9.17) is 0 Å². The SMILES string of the molecule is C1=CCc2c(n(-c3ccccc3)c3ccc(-c4ccc5c(c4)c4cc(-c6ccc7c(c6)c6cc(-c8ccc9c(c8)c8ccccc8n9-c8ccccc8)ccc6n7-c6ccccc6)ccc4n5-c4ccccc4)cc23)C/C=C\1. The molecule has 4 nitrogen and oxygen atoms in total. The highest BCUT2D eigenvalue weighted by atomic mass is 15.0. The van der Waals surface area contributed by atoms with E-state index in [0.717, 1.165) is 29.9 Å². The van der Waals surface area contributed by atoms with Gasteiger partial charge in [-0.1, -0.05) is 152 Å². The third-order valence-corrected chi connectivity index (χ3v) is 16.5. The van der Waals surface area contributed by atoms with E-state index < -0.39 is 0 Å². The van der Waals surface area contributed by atoms with Crippen LogP contribution in [0.2, 0.25) is 0 Å². The monoisotopic (exact) mass is 994 g/mol. The Labute approximate surface area is 451 Å². The van der Waals surface area contributed by atoms with Gasteiger partial charge in [-0.15, -0.1) is 0 Å². The van der Waals surface area contributed by atoms with Crippen molar-refractivity contribution in [2.75, 3.05) is 0 Å². The molecule has 0 radical (unpaired) electrons. The molecular weight excluding hydrogens is 945 g/mol. The van der Waals surface area contributed by atoms with Crippen molar-refractivity contribution < 1.29 is 0 Å². The highest BCUT2D eigenvalue weighted by Gasteiger charge is 2.22. The molecule has 0 spiro atoms. The Morgan fingerprint density at radius 2 is 0.500 bits per heavy atom. The lowest BCUT2D eigenvalue weighted by Crippen LogP contribution is -2.01. The van der Waals surface area contributed by atoms with Gasteiger partial charge in [-0.2, -0.15) is 0 Å². The quantitative estimate of drug-likeness (QED) is 0.152. The maximum absolute atomic E-state index is 2.47. The van der Waals surface area contributed by atoms with Gasteiger partial charge in [-0.25, -0.2) is 0 Å². The summed E-state index contributed by atoms with van der Waals surface area (Å²) in [7, 11) is 0. The molecule has 11 aromatic carbocycles. The fraction of sp³-hybridized carbons (Fsp3) is 0.0270. The van der Waals surface area contributed by atoms with E-state index in [-0.39, 0.29) is 0 Å². The van der Waals surface area contributed by atoms with Crippen molar-refractivity contribution in [2.45, 2.75) is 12.8 Å². The van der Waals surface area contributed by atoms with E-state index in [1.165, 1.54) is 127 Å². The average Bonchev–Trinajstić information content (AvgIpc) is 4.42. The minimum Gasteiger partial charge on any atom is -0.313 e. The predicted molar refractivity (Wildman–Crippen MR) is 328 cm³/mol. The molecule has 0 saturated heterocycles. The Hall–Kier alpha value is -10.2. The molecule has 15 aromatic rings. The first-order valence-corrected chi connectivity index (χ1v) is 27.1. The number of hydrogen-bond donors (Lipinski definition) is 0. The van der Waals surface area contributed by atoms with Gasteiger partial charge < -0.3 is 18.3 Å². The normalized spacial score (nSPS) is 13.1. The topological polar surface area (TPSA) is 19.7 Å². The first-order valence-electron chi connectivity index (χ1n) is 27.1. The molecule has 0 bridgehead atoms. The van der Waals surface area contributed by atoms with Crippen molar-refractivity contribution in [3.8, 4) is 56.1 Å². The Bertz CT molecular complexity index is 4930. The van der Waals surface area contributed by atoms with E-state index in [2.05, 4.69) is 297 Å². The molecule has 0 amide bonds. The van der Waals surface area contributed by atoms with Crippen molar-refractivity contribution >= 4 is 76.3 Å². The van der Waals surface area contributed by atoms with Crippen LogP contribution >= 0.6 is 0 Å². The number of benzene rings is 11. The van der Waals surface area contributed by atoms with Crippen LogP contribution in [0, 0.1) is 0 Å².